The van der Waals surface area contributed by atoms with E-state index in [1.165, 1.54) is 10.5 Å². The highest BCUT2D eigenvalue weighted by atomic mass is 79.9. The maximum absolute atomic E-state index is 9.10. The third kappa shape index (κ3) is 2.80. The van der Waals surface area contributed by atoms with Crippen LogP contribution in [-0.2, 0) is 4.74 Å². The minimum Gasteiger partial charge on any atom is -0.396 e. The van der Waals surface area contributed by atoms with E-state index in [1.807, 2.05) is 18.7 Å². The summed E-state index contributed by atoms with van der Waals surface area (Å²) in [5, 5.41) is 9.70. The van der Waals surface area contributed by atoms with Crippen molar-refractivity contribution in [1.29, 1.82) is 0 Å². The van der Waals surface area contributed by atoms with Gasteiger partial charge < -0.3 is 9.84 Å². The molecule has 0 radical (unpaired) electrons. The third-order valence-electron chi connectivity index (χ3n) is 2.70. The smallest absolute Gasteiger partial charge is 0.0611 e. The predicted molar refractivity (Wildman–Crippen MR) is 70.1 cm³/mol. The molecular weight excluding hydrogens is 288 g/mol. The van der Waals surface area contributed by atoms with Gasteiger partial charge in [0.2, 0.25) is 0 Å². The summed E-state index contributed by atoms with van der Waals surface area (Å²) in [6.07, 6.45) is 0. The van der Waals surface area contributed by atoms with E-state index in [1.54, 1.807) is 0 Å². The van der Waals surface area contributed by atoms with Crippen molar-refractivity contribution in [2.45, 2.75) is 23.0 Å². The Labute approximate surface area is 109 Å². The number of benzene rings is 1. The van der Waals surface area contributed by atoms with Crippen LogP contribution >= 0.6 is 27.7 Å². The van der Waals surface area contributed by atoms with Gasteiger partial charge in [-0.25, -0.2) is 0 Å². The van der Waals surface area contributed by atoms with Crippen LogP contribution in [0.15, 0.2) is 27.6 Å². The Bertz CT molecular complexity index is 366. The topological polar surface area (TPSA) is 29.5 Å². The molecule has 2 nitrogen and oxygen atoms in total. The Morgan fingerprint density at radius 2 is 2.31 bits per heavy atom. The molecule has 1 aliphatic rings. The second kappa shape index (κ2) is 5.54. The maximum Gasteiger partial charge on any atom is 0.0611 e. The number of aliphatic hydroxyl groups excluding tert-OH is 1. The molecule has 0 saturated carbocycles. The van der Waals surface area contributed by atoms with Crippen LogP contribution in [0.2, 0.25) is 0 Å². The molecule has 88 valence electrons. The summed E-state index contributed by atoms with van der Waals surface area (Å²) >= 11 is 5.43. The molecule has 1 fully saturated rings. The van der Waals surface area contributed by atoms with Crippen LogP contribution < -0.4 is 0 Å². The van der Waals surface area contributed by atoms with E-state index in [-0.39, 0.29) is 12.5 Å². The lowest BCUT2D eigenvalue weighted by atomic mass is 10.0. The molecule has 0 spiro atoms. The average molecular weight is 303 g/mol. The van der Waals surface area contributed by atoms with Crippen molar-refractivity contribution in [2.24, 2.45) is 0 Å². The zero-order valence-electron chi connectivity index (χ0n) is 9.15. The van der Waals surface area contributed by atoms with Gasteiger partial charge >= 0.3 is 0 Å². The molecule has 0 bridgehead atoms. The van der Waals surface area contributed by atoms with Gasteiger partial charge in [-0.1, -0.05) is 13.0 Å². The van der Waals surface area contributed by atoms with Crippen LogP contribution in [0.5, 0.6) is 0 Å². The summed E-state index contributed by atoms with van der Waals surface area (Å²) < 4.78 is 6.27. The average Bonchev–Trinajstić information content (AvgIpc) is 2.23. The van der Waals surface area contributed by atoms with Crippen LogP contribution in [0.1, 0.15) is 18.4 Å². The molecule has 2 rings (SSSR count). The van der Waals surface area contributed by atoms with Crippen LogP contribution in [0, 0.1) is 0 Å². The highest BCUT2D eigenvalue weighted by Crippen LogP contribution is 2.35. The van der Waals surface area contributed by atoms with Crippen molar-refractivity contribution in [1.82, 2.24) is 0 Å². The lowest BCUT2D eigenvalue weighted by Crippen LogP contribution is -2.30. The first-order valence-corrected chi connectivity index (χ1v) is 7.02. The highest BCUT2D eigenvalue weighted by molar-refractivity contribution is 9.10. The maximum atomic E-state index is 9.10. The van der Waals surface area contributed by atoms with Gasteiger partial charge in [0.25, 0.3) is 0 Å². The molecule has 1 unspecified atom stereocenters. The molecule has 1 atom stereocenters. The Morgan fingerprint density at radius 1 is 1.56 bits per heavy atom. The van der Waals surface area contributed by atoms with Gasteiger partial charge in [-0.3, -0.25) is 0 Å². The minimum absolute atomic E-state index is 0.190. The van der Waals surface area contributed by atoms with E-state index >= 15 is 0 Å². The van der Waals surface area contributed by atoms with Crippen molar-refractivity contribution in [3.05, 3.63) is 28.2 Å². The Balaban J connectivity index is 2.09. The predicted octanol–water partition coefficient (Wildman–Crippen LogP) is 3.04. The largest absolute Gasteiger partial charge is 0.396 e. The summed E-state index contributed by atoms with van der Waals surface area (Å²) in [5.41, 5.74) is 1.17. The fraction of sp³-hybridized carbons (Fsp3) is 0.500. The molecule has 1 aliphatic heterocycles. The minimum atomic E-state index is 0.190. The van der Waals surface area contributed by atoms with Gasteiger partial charge in [-0.05, 0) is 33.6 Å². The molecule has 1 heterocycles. The number of ether oxygens (including phenoxy) is 1. The Morgan fingerprint density at radius 3 is 2.81 bits per heavy atom. The lowest BCUT2D eigenvalue weighted by molar-refractivity contribution is 0.0455. The second-order valence-corrected chi connectivity index (χ2v) is 6.25. The van der Waals surface area contributed by atoms with Crippen molar-refractivity contribution >= 4 is 27.7 Å². The van der Waals surface area contributed by atoms with E-state index in [0.29, 0.717) is 5.25 Å². The highest BCUT2D eigenvalue weighted by Gasteiger charge is 2.20. The van der Waals surface area contributed by atoms with Crippen molar-refractivity contribution in [2.75, 3.05) is 19.8 Å². The van der Waals surface area contributed by atoms with Crippen LogP contribution in [0.3, 0.4) is 0 Å². The molecule has 1 aromatic carbocycles. The zero-order chi connectivity index (χ0) is 11.5. The van der Waals surface area contributed by atoms with Crippen LogP contribution in [0.25, 0.3) is 0 Å². The molecule has 4 heteroatoms. The van der Waals surface area contributed by atoms with Gasteiger partial charge in [0.15, 0.2) is 0 Å². The van der Waals surface area contributed by atoms with Crippen molar-refractivity contribution < 1.29 is 9.84 Å². The summed E-state index contributed by atoms with van der Waals surface area (Å²) in [5.74, 6) is 0.197. The molecule has 1 saturated heterocycles. The fourth-order valence-electron chi connectivity index (χ4n) is 1.49. The first-order chi connectivity index (χ1) is 7.70. The molecule has 0 amide bonds. The SMILES string of the molecule is CC(CO)c1ccc(SC2COC2)c(Br)c1. The second-order valence-electron chi connectivity index (χ2n) is 4.05. The quantitative estimate of drug-likeness (QED) is 0.927. The van der Waals surface area contributed by atoms with Gasteiger partial charge in [-0.15, -0.1) is 11.8 Å². The van der Waals surface area contributed by atoms with Crippen LogP contribution in [-0.4, -0.2) is 30.2 Å². The van der Waals surface area contributed by atoms with E-state index in [9.17, 15) is 0 Å². The zero-order valence-corrected chi connectivity index (χ0v) is 11.6. The summed E-state index contributed by atoms with van der Waals surface area (Å²) in [6, 6.07) is 6.31. The number of hydrogen-bond acceptors (Lipinski definition) is 3. The van der Waals surface area contributed by atoms with Gasteiger partial charge in [0, 0.05) is 21.9 Å². The molecule has 1 N–H and O–H groups in total. The standard InChI is InChI=1S/C12H15BrO2S/c1-8(5-14)9-2-3-12(11(13)4-9)16-10-6-15-7-10/h2-4,8,10,14H,5-7H2,1H3. The number of rotatable bonds is 4. The molecule has 0 aromatic heterocycles. The monoisotopic (exact) mass is 302 g/mol. The fourth-order valence-corrected chi connectivity index (χ4v) is 3.17. The van der Waals surface area contributed by atoms with Crippen molar-refractivity contribution in [3.63, 3.8) is 0 Å². The van der Waals surface area contributed by atoms with E-state index in [0.717, 1.165) is 17.7 Å². The molecule has 1 aromatic rings. The lowest BCUT2D eigenvalue weighted by Gasteiger charge is -2.25. The van der Waals surface area contributed by atoms with Crippen molar-refractivity contribution in [3.8, 4) is 0 Å². The normalized spacial score (nSPS) is 18.2. The first kappa shape index (κ1) is 12.4. The number of aliphatic hydroxyl groups is 1. The molecule has 16 heavy (non-hydrogen) atoms. The number of thioether (sulfide) groups is 1. The third-order valence-corrected chi connectivity index (χ3v) is 4.83. The Kier molecular flexibility index (Phi) is 4.30. The van der Waals surface area contributed by atoms with E-state index in [2.05, 4.69) is 34.1 Å². The summed E-state index contributed by atoms with van der Waals surface area (Å²) in [6.45, 7) is 3.92. The molecule has 0 aliphatic carbocycles. The number of halogens is 1. The van der Waals surface area contributed by atoms with E-state index < -0.39 is 0 Å². The Hall–Kier alpha value is -0.0300. The van der Waals surface area contributed by atoms with Crippen LogP contribution in [0.4, 0.5) is 0 Å². The summed E-state index contributed by atoms with van der Waals surface area (Å²) in [7, 11) is 0. The first-order valence-electron chi connectivity index (χ1n) is 5.35. The van der Waals surface area contributed by atoms with Gasteiger partial charge in [0.05, 0.1) is 18.5 Å². The summed E-state index contributed by atoms with van der Waals surface area (Å²) in [4.78, 5) is 1.25. The van der Waals surface area contributed by atoms with E-state index in [4.69, 9.17) is 9.84 Å². The van der Waals surface area contributed by atoms with Gasteiger partial charge in [0.1, 0.15) is 0 Å². The number of hydrogen-bond donors (Lipinski definition) is 1. The molecular formula is C12H15BrO2S. The van der Waals surface area contributed by atoms with Gasteiger partial charge in [-0.2, -0.15) is 0 Å².